The topological polar surface area (TPSA) is 81.7 Å². The highest BCUT2D eigenvalue weighted by molar-refractivity contribution is 5.90. The first-order chi connectivity index (χ1) is 9.65. The lowest BCUT2D eigenvalue weighted by atomic mass is 10.2. The molecule has 1 aromatic carbocycles. The summed E-state index contributed by atoms with van der Waals surface area (Å²) in [6, 6.07) is 7.29. The van der Waals surface area contributed by atoms with Gasteiger partial charge in [-0.3, -0.25) is 4.79 Å². The Labute approximate surface area is 117 Å². The summed E-state index contributed by atoms with van der Waals surface area (Å²) in [5, 5.41) is 13.7. The highest BCUT2D eigenvalue weighted by Crippen LogP contribution is 2.23. The summed E-state index contributed by atoms with van der Waals surface area (Å²) in [5.74, 6) is -0.929. The van der Waals surface area contributed by atoms with Gasteiger partial charge in [0, 0.05) is 31.0 Å². The Balaban J connectivity index is 1.87. The number of hydrogen-bond donors (Lipinski definition) is 3. The minimum absolute atomic E-state index is 0.0821. The summed E-state index contributed by atoms with van der Waals surface area (Å²) >= 11 is 0. The van der Waals surface area contributed by atoms with Crippen molar-refractivity contribution in [1.82, 2.24) is 5.32 Å². The number of carbonyl (C=O) groups excluding carboxylic acids is 1. The summed E-state index contributed by atoms with van der Waals surface area (Å²) < 4.78 is 0. The molecule has 0 aromatic heterocycles. The zero-order chi connectivity index (χ0) is 14.4. The molecule has 2 rings (SSSR count). The van der Waals surface area contributed by atoms with Crippen molar-refractivity contribution in [2.75, 3.05) is 29.9 Å². The molecule has 1 saturated heterocycles. The fraction of sp³-hybridized carbons (Fsp3) is 0.429. The second kappa shape index (κ2) is 6.79. The highest BCUT2D eigenvalue weighted by atomic mass is 16.4. The second-order valence-corrected chi connectivity index (χ2v) is 4.77. The van der Waals surface area contributed by atoms with Crippen LogP contribution in [0.15, 0.2) is 24.3 Å². The summed E-state index contributed by atoms with van der Waals surface area (Å²) in [5.41, 5.74) is 1.81. The molecule has 1 aliphatic heterocycles. The maximum atomic E-state index is 11.6. The van der Waals surface area contributed by atoms with Crippen LogP contribution in [0.2, 0.25) is 0 Å². The van der Waals surface area contributed by atoms with E-state index in [1.807, 2.05) is 24.3 Å². The maximum absolute atomic E-state index is 11.6. The zero-order valence-electron chi connectivity index (χ0n) is 11.3. The zero-order valence-corrected chi connectivity index (χ0v) is 11.3. The number of aliphatic carboxylic acids is 1. The average Bonchev–Trinajstić information content (AvgIpc) is 2.92. The molecule has 20 heavy (non-hydrogen) atoms. The van der Waals surface area contributed by atoms with Crippen LogP contribution in [0, 0.1) is 0 Å². The van der Waals surface area contributed by atoms with Crippen molar-refractivity contribution in [2.45, 2.75) is 19.3 Å². The minimum Gasteiger partial charge on any atom is -0.481 e. The number of urea groups is 1. The Morgan fingerprint density at radius 3 is 2.70 bits per heavy atom. The first kappa shape index (κ1) is 14.2. The maximum Gasteiger partial charge on any atom is 0.319 e. The molecule has 3 N–H and O–H groups in total. The van der Waals surface area contributed by atoms with Gasteiger partial charge in [0.15, 0.2) is 0 Å². The Morgan fingerprint density at radius 1 is 1.25 bits per heavy atom. The molecule has 0 spiro atoms. The van der Waals surface area contributed by atoms with Crippen molar-refractivity contribution in [3.63, 3.8) is 0 Å². The molecule has 108 valence electrons. The van der Waals surface area contributed by atoms with Crippen LogP contribution in [-0.2, 0) is 4.79 Å². The molecule has 0 aliphatic carbocycles. The van der Waals surface area contributed by atoms with Gasteiger partial charge in [-0.2, -0.15) is 0 Å². The van der Waals surface area contributed by atoms with Gasteiger partial charge in [-0.1, -0.05) is 6.07 Å². The standard InChI is InChI=1S/C14H19N3O3/c18-13(19)6-7-15-14(20)16-11-4-3-5-12(10-11)17-8-1-2-9-17/h3-5,10H,1-2,6-9H2,(H,18,19)(H2,15,16,20). The smallest absolute Gasteiger partial charge is 0.319 e. The van der Waals surface area contributed by atoms with Gasteiger partial charge in [0.1, 0.15) is 0 Å². The van der Waals surface area contributed by atoms with E-state index < -0.39 is 5.97 Å². The fourth-order valence-corrected chi connectivity index (χ4v) is 2.21. The molecule has 0 unspecified atom stereocenters. The van der Waals surface area contributed by atoms with Crippen molar-refractivity contribution >= 4 is 23.4 Å². The van der Waals surface area contributed by atoms with Gasteiger partial charge in [0.2, 0.25) is 0 Å². The number of anilines is 2. The van der Waals surface area contributed by atoms with Crippen LogP contribution in [-0.4, -0.2) is 36.7 Å². The van der Waals surface area contributed by atoms with Crippen LogP contribution in [0.3, 0.4) is 0 Å². The Kier molecular flexibility index (Phi) is 4.81. The molecule has 6 heteroatoms. The summed E-state index contributed by atoms with van der Waals surface area (Å²) in [6.07, 6.45) is 2.32. The highest BCUT2D eigenvalue weighted by Gasteiger charge is 2.12. The van der Waals surface area contributed by atoms with E-state index in [0.717, 1.165) is 18.8 Å². The molecule has 0 saturated carbocycles. The van der Waals surface area contributed by atoms with Gasteiger partial charge >= 0.3 is 12.0 Å². The van der Waals surface area contributed by atoms with E-state index in [9.17, 15) is 9.59 Å². The molecule has 1 aromatic rings. The number of carbonyl (C=O) groups is 2. The fourth-order valence-electron chi connectivity index (χ4n) is 2.21. The van der Waals surface area contributed by atoms with E-state index in [4.69, 9.17) is 5.11 Å². The van der Waals surface area contributed by atoms with Crippen molar-refractivity contribution in [1.29, 1.82) is 0 Å². The molecule has 6 nitrogen and oxygen atoms in total. The van der Waals surface area contributed by atoms with Gasteiger partial charge in [-0.25, -0.2) is 4.79 Å². The first-order valence-corrected chi connectivity index (χ1v) is 6.77. The normalized spacial score (nSPS) is 14.1. The lowest BCUT2D eigenvalue weighted by Gasteiger charge is -2.18. The van der Waals surface area contributed by atoms with Gasteiger partial charge in [-0.15, -0.1) is 0 Å². The number of amides is 2. The second-order valence-electron chi connectivity index (χ2n) is 4.77. The predicted octanol–water partition coefficient (Wildman–Crippen LogP) is 1.88. The number of carboxylic acids is 1. The molecular weight excluding hydrogens is 258 g/mol. The van der Waals surface area contributed by atoms with Crippen LogP contribution < -0.4 is 15.5 Å². The number of nitrogens with one attached hydrogen (secondary N) is 2. The molecule has 0 radical (unpaired) electrons. The van der Waals surface area contributed by atoms with E-state index in [1.54, 1.807) is 0 Å². The summed E-state index contributed by atoms with van der Waals surface area (Å²) in [7, 11) is 0. The van der Waals surface area contributed by atoms with Crippen molar-refractivity contribution in [3.8, 4) is 0 Å². The third-order valence-electron chi connectivity index (χ3n) is 3.20. The van der Waals surface area contributed by atoms with Crippen LogP contribution in [0.1, 0.15) is 19.3 Å². The summed E-state index contributed by atoms with van der Waals surface area (Å²) in [4.78, 5) is 24.2. The number of rotatable bonds is 5. The predicted molar refractivity (Wildman–Crippen MR) is 77.2 cm³/mol. The van der Waals surface area contributed by atoms with Gasteiger partial charge < -0.3 is 20.6 Å². The van der Waals surface area contributed by atoms with E-state index in [2.05, 4.69) is 15.5 Å². The number of carboxylic acid groups (broad SMARTS) is 1. The Hall–Kier alpha value is -2.24. The van der Waals surface area contributed by atoms with E-state index in [1.165, 1.54) is 12.8 Å². The lowest BCUT2D eigenvalue weighted by Crippen LogP contribution is -2.30. The van der Waals surface area contributed by atoms with Crippen molar-refractivity contribution in [2.24, 2.45) is 0 Å². The van der Waals surface area contributed by atoms with E-state index in [0.29, 0.717) is 5.69 Å². The van der Waals surface area contributed by atoms with Crippen LogP contribution >= 0.6 is 0 Å². The van der Waals surface area contributed by atoms with Crippen molar-refractivity contribution < 1.29 is 14.7 Å². The lowest BCUT2D eigenvalue weighted by molar-refractivity contribution is -0.136. The van der Waals surface area contributed by atoms with E-state index in [-0.39, 0.29) is 19.0 Å². The monoisotopic (exact) mass is 277 g/mol. The SMILES string of the molecule is O=C(O)CCNC(=O)Nc1cccc(N2CCCC2)c1. The van der Waals surface area contributed by atoms with Crippen LogP contribution in [0.25, 0.3) is 0 Å². The first-order valence-electron chi connectivity index (χ1n) is 6.77. The van der Waals surface area contributed by atoms with Crippen LogP contribution in [0.4, 0.5) is 16.2 Å². The third-order valence-corrected chi connectivity index (χ3v) is 3.20. The number of benzene rings is 1. The molecule has 0 bridgehead atoms. The molecule has 1 heterocycles. The number of nitrogens with zero attached hydrogens (tertiary/aromatic N) is 1. The molecule has 1 aliphatic rings. The molecular formula is C14H19N3O3. The van der Waals surface area contributed by atoms with Crippen molar-refractivity contribution in [3.05, 3.63) is 24.3 Å². The quantitative estimate of drug-likeness (QED) is 0.767. The minimum atomic E-state index is -0.929. The summed E-state index contributed by atoms with van der Waals surface area (Å²) in [6.45, 7) is 2.22. The Bertz CT molecular complexity index is 484. The third kappa shape index (κ3) is 4.15. The van der Waals surface area contributed by atoms with Gasteiger partial charge in [0.05, 0.1) is 6.42 Å². The van der Waals surface area contributed by atoms with Crippen LogP contribution in [0.5, 0.6) is 0 Å². The molecule has 2 amide bonds. The van der Waals surface area contributed by atoms with Gasteiger partial charge in [0.25, 0.3) is 0 Å². The van der Waals surface area contributed by atoms with E-state index >= 15 is 0 Å². The van der Waals surface area contributed by atoms with Gasteiger partial charge in [-0.05, 0) is 31.0 Å². The molecule has 0 atom stereocenters. The number of hydrogen-bond acceptors (Lipinski definition) is 3. The largest absolute Gasteiger partial charge is 0.481 e. The molecule has 1 fully saturated rings. The Morgan fingerprint density at radius 2 is 2.00 bits per heavy atom. The average molecular weight is 277 g/mol.